The van der Waals surface area contributed by atoms with E-state index in [1.54, 1.807) is 24.3 Å². The van der Waals surface area contributed by atoms with Crippen molar-refractivity contribution in [1.29, 1.82) is 0 Å². The van der Waals surface area contributed by atoms with Crippen LogP contribution in [0.5, 0.6) is 5.75 Å². The first kappa shape index (κ1) is 32.3. The van der Waals surface area contributed by atoms with Crippen LogP contribution >= 0.6 is 34.9 Å². The van der Waals surface area contributed by atoms with Crippen molar-refractivity contribution in [2.24, 2.45) is 0 Å². The van der Waals surface area contributed by atoms with Gasteiger partial charge in [-0.3, -0.25) is 0 Å². The average Bonchev–Trinajstić information content (AvgIpc) is 3.18. The summed E-state index contributed by atoms with van der Waals surface area (Å²) in [4.78, 5) is 22.1. The largest absolute Gasteiger partial charge is 0.479 e. The molecule has 0 unspecified atom stereocenters. The molecule has 0 bridgehead atoms. The summed E-state index contributed by atoms with van der Waals surface area (Å²) in [6, 6.07) is 15.0. The lowest BCUT2D eigenvalue weighted by molar-refractivity contribution is -0.139. The van der Waals surface area contributed by atoms with Crippen molar-refractivity contribution in [3.8, 4) is 16.2 Å². The van der Waals surface area contributed by atoms with E-state index in [-0.39, 0.29) is 21.8 Å². The third kappa shape index (κ3) is 9.04. The number of nitrogens with zero attached hydrogens (tertiary/aromatic N) is 1. The van der Waals surface area contributed by atoms with E-state index in [9.17, 15) is 9.59 Å². The Labute approximate surface area is 241 Å². The Morgan fingerprint density at radius 2 is 1.77 bits per heavy atom. The number of ether oxygens (including phenoxy) is 1. The zero-order chi connectivity index (χ0) is 27.9. The number of carboxylic acid groups (broad SMARTS) is 2. The minimum Gasteiger partial charge on any atom is -0.479 e. The molecule has 0 amide bonds. The predicted octanol–water partition coefficient (Wildman–Crippen LogP) is 6.66. The monoisotopic (exact) mass is 594 g/mol. The van der Waals surface area contributed by atoms with Gasteiger partial charge in [0.2, 0.25) is 0 Å². The summed E-state index contributed by atoms with van der Waals surface area (Å²) in [6.07, 6.45) is 3.99. The summed E-state index contributed by atoms with van der Waals surface area (Å²) in [5, 5.41) is 17.9. The zero-order valence-electron chi connectivity index (χ0n) is 22.0. The summed E-state index contributed by atoms with van der Waals surface area (Å²) in [7, 11) is 0. The molecule has 0 saturated carbocycles. The van der Waals surface area contributed by atoms with Crippen LogP contribution in [0.4, 0.5) is 11.4 Å². The lowest BCUT2D eigenvalue weighted by atomic mass is 9.93. The summed E-state index contributed by atoms with van der Waals surface area (Å²) in [5.74, 6) is -1.58. The van der Waals surface area contributed by atoms with E-state index in [2.05, 4.69) is 30.3 Å². The number of hydrogen-bond donors (Lipinski definition) is 5. The normalized spacial score (nSPS) is 14.4. The van der Waals surface area contributed by atoms with Crippen LogP contribution in [0.15, 0.2) is 48.5 Å². The zero-order valence-corrected chi connectivity index (χ0v) is 24.4. The molecule has 1 aliphatic heterocycles. The van der Waals surface area contributed by atoms with E-state index < -0.39 is 18.5 Å². The maximum absolute atomic E-state index is 11.2. The molecule has 0 spiro atoms. The van der Waals surface area contributed by atoms with Crippen LogP contribution in [-0.2, 0) is 10.5 Å². The number of aromatic carboxylic acids is 1. The maximum atomic E-state index is 11.2. The number of piperidine rings is 1. The number of hydrogen-bond acceptors (Lipinski definition) is 9. The Hall–Kier alpha value is -2.96. The number of benzene rings is 2. The summed E-state index contributed by atoms with van der Waals surface area (Å²) < 4.78 is 7.53. The fraction of sp³-hybridized carbons (Fsp3) is 0.333. The number of carbonyl (C=O) groups is 2. The third-order valence-electron chi connectivity index (χ3n) is 5.91. The first-order valence-corrected chi connectivity index (χ1v) is 14.1. The summed E-state index contributed by atoms with van der Waals surface area (Å²) >= 11 is 8.98. The molecule has 212 valence electrons. The quantitative estimate of drug-likeness (QED) is 0.140. The van der Waals surface area contributed by atoms with E-state index in [1.807, 2.05) is 24.1 Å². The second kappa shape index (κ2) is 14.4. The highest BCUT2D eigenvalue weighted by molar-refractivity contribution is 7.96. The van der Waals surface area contributed by atoms with E-state index >= 15 is 0 Å². The van der Waals surface area contributed by atoms with Crippen molar-refractivity contribution >= 4 is 58.2 Å². The van der Waals surface area contributed by atoms with E-state index in [4.69, 9.17) is 38.0 Å². The highest BCUT2D eigenvalue weighted by atomic mass is 35.5. The number of thiophene rings is 1. The second-order valence-corrected chi connectivity index (χ2v) is 11.8. The molecule has 0 aliphatic carbocycles. The molecule has 4 rings (SSSR count). The topological polar surface area (TPSA) is 174 Å². The van der Waals surface area contributed by atoms with Crippen LogP contribution in [0.2, 0.25) is 5.02 Å². The summed E-state index contributed by atoms with van der Waals surface area (Å²) in [6.45, 7) is 5.23. The van der Waals surface area contributed by atoms with Crippen LogP contribution in [-0.4, -0.2) is 45.1 Å². The molecule has 3 aromatic rings. The van der Waals surface area contributed by atoms with Crippen molar-refractivity contribution < 1.29 is 24.5 Å². The SMILES string of the molecule is CC1(C)CCCCN1SCc1cccc(N)c1.N.Nc1cccc(-c2sc(C(=O)O)c(OCC(=O)O)c2Cl)c1. The molecule has 1 saturated heterocycles. The van der Waals surface area contributed by atoms with E-state index in [1.165, 1.54) is 31.4 Å². The molecule has 1 aromatic heterocycles. The first-order valence-electron chi connectivity index (χ1n) is 12.0. The van der Waals surface area contributed by atoms with Crippen molar-refractivity contribution in [2.45, 2.75) is 44.4 Å². The molecule has 1 aliphatic rings. The van der Waals surface area contributed by atoms with E-state index in [0.717, 1.165) is 22.8 Å². The van der Waals surface area contributed by atoms with Crippen LogP contribution in [0, 0.1) is 0 Å². The molecular weight excluding hydrogens is 560 g/mol. The van der Waals surface area contributed by atoms with Crippen molar-refractivity contribution in [2.75, 3.05) is 24.6 Å². The molecule has 9 N–H and O–H groups in total. The number of nitrogen functional groups attached to an aromatic ring is 2. The molecule has 2 heterocycles. The highest BCUT2D eigenvalue weighted by Gasteiger charge is 2.30. The number of anilines is 2. The summed E-state index contributed by atoms with van der Waals surface area (Å²) in [5.41, 5.74) is 15.1. The van der Waals surface area contributed by atoms with E-state index in [0.29, 0.717) is 21.7 Å². The van der Waals surface area contributed by atoms with Gasteiger partial charge in [0.25, 0.3) is 0 Å². The molecule has 0 radical (unpaired) electrons. The van der Waals surface area contributed by atoms with Gasteiger partial charge in [-0.1, -0.05) is 54.2 Å². The smallest absolute Gasteiger partial charge is 0.349 e. The number of aliphatic carboxylic acids is 1. The Balaban J connectivity index is 0.000000272. The van der Waals surface area contributed by atoms with Gasteiger partial charge in [0, 0.05) is 29.2 Å². The predicted molar refractivity (Wildman–Crippen MR) is 161 cm³/mol. The van der Waals surface area contributed by atoms with Crippen LogP contribution in [0.3, 0.4) is 0 Å². The second-order valence-electron chi connectivity index (χ2n) is 9.41. The lowest BCUT2D eigenvalue weighted by Gasteiger charge is -2.41. The first-order chi connectivity index (χ1) is 18.0. The van der Waals surface area contributed by atoms with Crippen LogP contribution in [0.1, 0.15) is 48.3 Å². The minimum absolute atomic E-state index is 0. The molecule has 1 fully saturated rings. The Morgan fingerprint density at radius 3 is 2.36 bits per heavy atom. The van der Waals surface area contributed by atoms with Crippen LogP contribution < -0.4 is 22.4 Å². The Morgan fingerprint density at radius 1 is 1.10 bits per heavy atom. The highest BCUT2D eigenvalue weighted by Crippen LogP contribution is 2.45. The van der Waals surface area contributed by atoms with Crippen molar-refractivity contribution in [3.05, 3.63) is 64.0 Å². The van der Waals surface area contributed by atoms with Crippen molar-refractivity contribution in [1.82, 2.24) is 10.5 Å². The fourth-order valence-corrected chi connectivity index (χ4v) is 6.57. The minimum atomic E-state index is -1.24. The van der Waals surface area contributed by atoms with Gasteiger partial charge in [0.15, 0.2) is 17.2 Å². The van der Waals surface area contributed by atoms with Gasteiger partial charge < -0.3 is 32.6 Å². The Bertz CT molecular complexity index is 1280. The molecule has 0 atom stereocenters. The molecular formula is C27H35ClN4O5S2. The van der Waals surface area contributed by atoms with Crippen molar-refractivity contribution in [3.63, 3.8) is 0 Å². The third-order valence-corrected chi connectivity index (χ3v) is 9.04. The lowest BCUT2D eigenvalue weighted by Crippen LogP contribution is -2.42. The van der Waals surface area contributed by atoms with Gasteiger partial charge in [-0.25, -0.2) is 13.9 Å². The molecule has 2 aromatic carbocycles. The molecule has 9 nitrogen and oxygen atoms in total. The van der Waals surface area contributed by atoms with Gasteiger partial charge in [0.1, 0.15) is 5.02 Å². The average molecular weight is 595 g/mol. The Kier molecular flexibility index (Phi) is 11.9. The van der Waals surface area contributed by atoms with Gasteiger partial charge in [0.05, 0.1) is 4.88 Å². The molecule has 12 heteroatoms. The van der Waals surface area contributed by atoms with Gasteiger partial charge in [-0.2, -0.15) is 0 Å². The van der Waals surface area contributed by atoms with Crippen LogP contribution in [0.25, 0.3) is 10.4 Å². The maximum Gasteiger partial charge on any atom is 0.349 e. The number of carboxylic acids is 2. The van der Waals surface area contributed by atoms with Gasteiger partial charge >= 0.3 is 11.9 Å². The fourth-order valence-electron chi connectivity index (χ4n) is 3.98. The number of nitrogens with two attached hydrogens (primary N) is 2. The number of halogens is 1. The standard InChI is InChI=1S/C14H22N2S.C13H10ClNO5S.H3N/c1-14(2)8-3-4-9-16(14)17-11-12-6-5-7-13(15)10-12;14-9-10(20-5-8(16)17)12(13(18)19)21-11(9)6-2-1-3-7(15)4-6;/h5-7,10H,3-4,8-9,11,15H2,1-2H3;1-4H,5,15H2,(H,16,17)(H,18,19);1H3. The number of rotatable bonds is 8. The van der Waals surface area contributed by atoms with Gasteiger partial charge in [-0.05, 0) is 62.1 Å². The molecule has 39 heavy (non-hydrogen) atoms. The van der Waals surface area contributed by atoms with Gasteiger partial charge in [-0.15, -0.1) is 11.3 Å².